The zero-order valence-corrected chi connectivity index (χ0v) is 17.3. The number of nitrogens with one attached hydrogen (secondary N) is 1. The van der Waals surface area contributed by atoms with Gasteiger partial charge in [0.1, 0.15) is 17.1 Å². The van der Waals surface area contributed by atoms with E-state index in [0.717, 1.165) is 11.1 Å². The molecule has 0 aliphatic carbocycles. The third-order valence-electron chi connectivity index (χ3n) is 5.21. The highest BCUT2D eigenvalue weighted by molar-refractivity contribution is 6.09. The summed E-state index contributed by atoms with van der Waals surface area (Å²) in [7, 11) is 1.53. The molecule has 31 heavy (non-hydrogen) atoms. The minimum absolute atomic E-state index is 0.237. The van der Waals surface area contributed by atoms with E-state index < -0.39 is 17.2 Å². The van der Waals surface area contributed by atoms with Crippen molar-refractivity contribution in [3.8, 4) is 17.2 Å². The Labute approximate surface area is 178 Å². The standard InChI is InChI=1S/C24H21N3O4/c1-14-9-10-16(12-15(14)2)26-23(29)20-21(28)19-8-5-11-25-22(19)27(24(20)30)17-6-4-7-18(13-17)31-3/h4-13,28H,1-3H3,(H,26,29). The molecule has 7 nitrogen and oxygen atoms in total. The second kappa shape index (κ2) is 7.95. The number of aromatic nitrogens is 2. The van der Waals surface area contributed by atoms with Gasteiger partial charge >= 0.3 is 0 Å². The molecule has 0 atom stereocenters. The van der Waals surface area contributed by atoms with E-state index in [9.17, 15) is 14.7 Å². The number of carbonyl (C=O) groups is 1. The average Bonchev–Trinajstić information content (AvgIpc) is 2.76. The summed E-state index contributed by atoms with van der Waals surface area (Å²) in [5.41, 5.74) is 2.27. The summed E-state index contributed by atoms with van der Waals surface area (Å²) in [6.07, 6.45) is 1.52. The number of benzene rings is 2. The normalized spacial score (nSPS) is 10.8. The highest BCUT2D eigenvalue weighted by atomic mass is 16.5. The number of hydrogen-bond donors (Lipinski definition) is 2. The van der Waals surface area contributed by atoms with Gasteiger partial charge in [0.05, 0.1) is 18.2 Å². The quantitative estimate of drug-likeness (QED) is 0.526. The van der Waals surface area contributed by atoms with Crippen LogP contribution in [0.15, 0.2) is 65.6 Å². The topological polar surface area (TPSA) is 93.5 Å². The van der Waals surface area contributed by atoms with Crippen LogP contribution in [-0.4, -0.2) is 27.7 Å². The second-order valence-corrected chi connectivity index (χ2v) is 7.19. The van der Waals surface area contributed by atoms with Gasteiger partial charge in [0.2, 0.25) is 0 Å². The lowest BCUT2D eigenvalue weighted by Crippen LogP contribution is -2.29. The first-order valence-corrected chi connectivity index (χ1v) is 9.66. The van der Waals surface area contributed by atoms with Gasteiger partial charge < -0.3 is 15.2 Å². The number of methoxy groups -OCH3 is 1. The summed E-state index contributed by atoms with van der Waals surface area (Å²) in [5, 5.41) is 13.8. The van der Waals surface area contributed by atoms with E-state index in [0.29, 0.717) is 17.1 Å². The fraction of sp³-hybridized carbons (Fsp3) is 0.125. The number of aromatic hydroxyl groups is 1. The molecule has 0 saturated heterocycles. The van der Waals surface area contributed by atoms with E-state index in [4.69, 9.17) is 4.74 Å². The Morgan fingerprint density at radius 1 is 1.06 bits per heavy atom. The van der Waals surface area contributed by atoms with Crippen molar-refractivity contribution in [2.75, 3.05) is 12.4 Å². The molecule has 2 heterocycles. The predicted molar refractivity (Wildman–Crippen MR) is 119 cm³/mol. The summed E-state index contributed by atoms with van der Waals surface area (Å²) < 4.78 is 6.56. The first-order valence-electron chi connectivity index (χ1n) is 9.66. The van der Waals surface area contributed by atoms with E-state index in [-0.39, 0.29) is 16.6 Å². The number of pyridine rings is 2. The fourth-order valence-electron chi connectivity index (χ4n) is 3.41. The largest absolute Gasteiger partial charge is 0.506 e. The molecular weight excluding hydrogens is 394 g/mol. The molecule has 4 aromatic rings. The van der Waals surface area contributed by atoms with Crippen LogP contribution in [-0.2, 0) is 0 Å². The SMILES string of the molecule is COc1cccc(-n2c(=O)c(C(=O)Nc3ccc(C)c(C)c3)c(O)c3cccnc32)c1. The Morgan fingerprint density at radius 2 is 1.87 bits per heavy atom. The van der Waals surface area contributed by atoms with E-state index >= 15 is 0 Å². The van der Waals surface area contributed by atoms with Crippen molar-refractivity contribution in [1.82, 2.24) is 9.55 Å². The van der Waals surface area contributed by atoms with E-state index in [1.165, 1.54) is 17.9 Å². The van der Waals surface area contributed by atoms with Gasteiger partial charge in [0.25, 0.3) is 11.5 Å². The van der Waals surface area contributed by atoms with Gasteiger partial charge in [-0.1, -0.05) is 12.1 Å². The summed E-state index contributed by atoms with van der Waals surface area (Å²) in [4.78, 5) is 30.8. The van der Waals surface area contributed by atoms with Gasteiger partial charge in [-0.2, -0.15) is 0 Å². The number of fused-ring (bicyclic) bond motifs is 1. The second-order valence-electron chi connectivity index (χ2n) is 7.19. The smallest absolute Gasteiger partial charge is 0.273 e. The Morgan fingerprint density at radius 3 is 2.61 bits per heavy atom. The van der Waals surface area contributed by atoms with Crippen LogP contribution >= 0.6 is 0 Å². The van der Waals surface area contributed by atoms with Gasteiger partial charge in [-0.3, -0.25) is 14.2 Å². The Balaban J connectivity index is 1.92. The Hall–Kier alpha value is -4.13. The first-order chi connectivity index (χ1) is 14.9. The number of ether oxygens (including phenoxy) is 1. The third-order valence-corrected chi connectivity index (χ3v) is 5.21. The summed E-state index contributed by atoms with van der Waals surface area (Å²) in [5.74, 6) is -0.565. The van der Waals surface area contributed by atoms with Crippen molar-refractivity contribution >= 4 is 22.6 Å². The molecule has 0 unspecified atom stereocenters. The van der Waals surface area contributed by atoms with Crippen LogP contribution < -0.4 is 15.6 Å². The zero-order chi connectivity index (χ0) is 22.1. The van der Waals surface area contributed by atoms with Crippen LogP contribution in [0.2, 0.25) is 0 Å². The van der Waals surface area contributed by atoms with Crippen molar-refractivity contribution in [3.05, 3.63) is 87.8 Å². The van der Waals surface area contributed by atoms with Crippen LogP contribution in [0.25, 0.3) is 16.7 Å². The van der Waals surface area contributed by atoms with Crippen LogP contribution in [0.3, 0.4) is 0 Å². The maximum Gasteiger partial charge on any atom is 0.273 e. The number of amides is 1. The number of carbonyl (C=O) groups excluding carboxylic acids is 1. The molecule has 0 saturated carbocycles. The Bertz CT molecular complexity index is 1380. The first kappa shape index (κ1) is 20.2. The summed E-state index contributed by atoms with van der Waals surface area (Å²) in [6.45, 7) is 3.90. The van der Waals surface area contributed by atoms with Gasteiger partial charge in [-0.05, 0) is 61.4 Å². The van der Waals surface area contributed by atoms with E-state index in [1.807, 2.05) is 26.0 Å². The summed E-state index contributed by atoms with van der Waals surface area (Å²) >= 11 is 0. The molecule has 0 aliphatic heterocycles. The molecule has 1 amide bonds. The molecule has 2 aromatic heterocycles. The minimum atomic E-state index is -0.701. The molecule has 4 rings (SSSR count). The van der Waals surface area contributed by atoms with E-state index in [1.54, 1.807) is 42.5 Å². The molecular formula is C24H21N3O4. The predicted octanol–water partition coefficient (Wildman–Crippen LogP) is 3.97. The molecule has 0 radical (unpaired) electrons. The number of anilines is 1. The molecule has 2 aromatic carbocycles. The third kappa shape index (κ3) is 3.61. The molecule has 0 bridgehead atoms. The van der Waals surface area contributed by atoms with Gasteiger partial charge in [-0.15, -0.1) is 0 Å². The van der Waals surface area contributed by atoms with Crippen molar-refractivity contribution in [2.45, 2.75) is 13.8 Å². The molecule has 0 aliphatic rings. The molecule has 7 heteroatoms. The van der Waals surface area contributed by atoms with Gasteiger partial charge in [0.15, 0.2) is 5.65 Å². The van der Waals surface area contributed by atoms with Crippen molar-refractivity contribution < 1.29 is 14.6 Å². The molecule has 156 valence electrons. The number of aryl methyl sites for hydroxylation is 2. The average molecular weight is 415 g/mol. The molecule has 0 spiro atoms. The number of nitrogens with zero attached hydrogens (tertiary/aromatic N) is 2. The van der Waals surface area contributed by atoms with Crippen molar-refractivity contribution in [2.24, 2.45) is 0 Å². The van der Waals surface area contributed by atoms with Crippen LogP contribution in [0.1, 0.15) is 21.5 Å². The van der Waals surface area contributed by atoms with Gasteiger partial charge in [0, 0.05) is 18.0 Å². The van der Waals surface area contributed by atoms with E-state index in [2.05, 4.69) is 10.3 Å². The minimum Gasteiger partial charge on any atom is -0.506 e. The fourth-order valence-corrected chi connectivity index (χ4v) is 3.41. The van der Waals surface area contributed by atoms with Gasteiger partial charge in [-0.25, -0.2) is 4.98 Å². The van der Waals surface area contributed by atoms with Crippen LogP contribution in [0.5, 0.6) is 11.5 Å². The molecule has 2 N–H and O–H groups in total. The summed E-state index contributed by atoms with van der Waals surface area (Å²) in [6, 6.07) is 15.5. The monoisotopic (exact) mass is 415 g/mol. The highest BCUT2D eigenvalue weighted by Gasteiger charge is 2.24. The maximum atomic E-state index is 13.4. The number of hydrogen-bond acceptors (Lipinski definition) is 5. The van der Waals surface area contributed by atoms with Crippen molar-refractivity contribution in [1.29, 1.82) is 0 Å². The Kier molecular flexibility index (Phi) is 5.17. The highest BCUT2D eigenvalue weighted by Crippen LogP contribution is 2.28. The van der Waals surface area contributed by atoms with Crippen LogP contribution in [0.4, 0.5) is 5.69 Å². The number of rotatable bonds is 4. The lowest BCUT2D eigenvalue weighted by molar-refractivity contribution is 0.102. The lowest BCUT2D eigenvalue weighted by Gasteiger charge is -2.15. The van der Waals surface area contributed by atoms with Crippen molar-refractivity contribution in [3.63, 3.8) is 0 Å². The molecule has 0 fully saturated rings. The van der Waals surface area contributed by atoms with Crippen LogP contribution in [0, 0.1) is 13.8 Å². The lowest BCUT2D eigenvalue weighted by atomic mass is 10.1. The zero-order valence-electron chi connectivity index (χ0n) is 17.3. The maximum absolute atomic E-state index is 13.4.